The first-order valence-electron chi connectivity index (χ1n) is 6.67. The highest BCUT2D eigenvalue weighted by Crippen LogP contribution is 2.29. The van der Waals surface area contributed by atoms with Crippen LogP contribution in [0.15, 0.2) is 42.5 Å². The van der Waals surface area contributed by atoms with E-state index in [4.69, 9.17) is 5.73 Å². The maximum Gasteiger partial charge on any atom is 0.416 e. The quantitative estimate of drug-likeness (QED) is 0.809. The van der Waals surface area contributed by atoms with Gasteiger partial charge in [-0.3, -0.25) is 0 Å². The van der Waals surface area contributed by atoms with Crippen LogP contribution in [0.2, 0.25) is 0 Å². The number of hydrogen-bond donors (Lipinski definition) is 1. The lowest BCUT2D eigenvalue weighted by molar-refractivity contribution is -0.137. The molecule has 114 valence electrons. The molecule has 0 saturated heterocycles. The molecule has 0 radical (unpaired) electrons. The molecule has 0 fully saturated rings. The molecule has 2 N–H and O–H groups in total. The summed E-state index contributed by atoms with van der Waals surface area (Å²) in [6.07, 6.45) is -3.96. The third kappa shape index (κ3) is 2.80. The topological polar surface area (TPSA) is 56.2 Å². The maximum absolute atomic E-state index is 12.5. The van der Waals surface area contributed by atoms with Crippen LogP contribution in [-0.2, 0) is 19.1 Å². The number of alkyl halides is 3. The van der Waals surface area contributed by atoms with Crippen molar-refractivity contribution in [3.8, 4) is 0 Å². The standard InChI is InChI=1S/C15H13F3N4/c16-15(17,18)11-6-4-10(5-7-11)8-13-20-14-3-1-2-12(9-19)22(14)21-13/h1-7H,8-9,19H2. The van der Waals surface area contributed by atoms with Crippen molar-refractivity contribution in [1.29, 1.82) is 0 Å². The van der Waals surface area contributed by atoms with Crippen molar-refractivity contribution in [2.24, 2.45) is 5.73 Å². The molecule has 3 rings (SSSR count). The molecule has 2 heterocycles. The second-order valence-corrected chi connectivity index (χ2v) is 4.89. The van der Waals surface area contributed by atoms with Gasteiger partial charge in [-0.15, -0.1) is 0 Å². The predicted molar refractivity (Wildman–Crippen MR) is 75.1 cm³/mol. The summed E-state index contributed by atoms with van der Waals surface area (Å²) in [4.78, 5) is 4.36. The summed E-state index contributed by atoms with van der Waals surface area (Å²) < 4.78 is 39.2. The van der Waals surface area contributed by atoms with Crippen LogP contribution in [0.4, 0.5) is 13.2 Å². The van der Waals surface area contributed by atoms with Gasteiger partial charge in [0.25, 0.3) is 0 Å². The molecule has 0 spiro atoms. The zero-order valence-corrected chi connectivity index (χ0v) is 11.5. The highest BCUT2D eigenvalue weighted by Gasteiger charge is 2.29. The number of benzene rings is 1. The van der Waals surface area contributed by atoms with E-state index in [-0.39, 0.29) is 0 Å². The van der Waals surface area contributed by atoms with Gasteiger partial charge in [-0.25, -0.2) is 9.50 Å². The maximum atomic E-state index is 12.5. The third-order valence-electron chi connectivity index (χ3n) is 3.33. The lowest BCUT2D eigenvalue weighted by Crippen LogP contribution is -2.05. The zero-order chi connectivity index (χ0) is 15.7. The van der Waals surface area contributed by atoms with Gasteiger partial charge in [-0.1, -0.05) is 18.2 Å². The first-order chi connectivity index (χ1) is 10.5. The fourth-order valence-electron chi connectivity index (χ4n) is 2.23. The molecule has 0 aliphatic rings. The van der Waals surface area contributed by atoms with Gasteiger partial charge in [0.15, 0.2) is 11.5 Å². The Hall–Kier alpha value is -2.41. The normalized spacial score (nSPS) is 12.0. The smallest absolute Gasteiger partial charge is 0.325 e. The van der Waals surface area contributed by atoms with Crippen LogP contribution in [0.25, 0.3) is 5.65 Å². The van der Waals surface area contributed by atoms with Crippen molar-refractivity contribution >= 4 is 5.65 Å². The van der Waals surface area contributed by atoms with Crippen LogP contribution in [0, 0.1) is 0 Å². The number of pyridine rings is 1. The Kier molecular flexibility index (Phi) is 3.58. The van der Waals surface area contributed by atoms with Crippen LogP contribution < -0.4 is 5.73 Å². The van der Waals surface area contributed by atoms with Crippen LogP contribution in [0.3, 0.4) is 0 Å². The summed E-state index contributed by atoms with van der Waals surface area (Å²) in [5.41, 5.74) is 7.19. The molecular formula is C15H13F3N4. The van der Waals surface area contributed by atoms with Crippen molar-refractivity contribution in [3.63, 3.8) is 0 Å². The van der Waals surface area contributed by atoms with E-state index in [9.17, 15) is 13.2 Å². The first-order valence-corrected chi connectivity index (χ1v) is 6.67. The summed E-state index contributed by atoms with van der Waals surface area (Å²) >= 11 is 0. The van der Waals surface area contributed by atoms with Crippen molar-refractivity contribution in [1.82, 2.24) is 14.6 Å². The van der Waals surface area contributed by atoms with Gasteiger partial charge in [-0.05, 0) is 29.8 Å². The van der Waals surface area contributed by atoms with Crippen LogP contribution in [0.5, 0.6) is 0 Å². The van der Waals surface area contributed by atoms with Crippen molar-refractivity contribution in [2.75, 3.05) is 0 Å². The average Bonchev–Trinajstić information content (AvgIpc) is 2.89. The monoisotopic (exact) mass is 306 g/mol. The van der Waals surface area contributed by atoms with E-state index in [1.165, 1.54) is 12.1 Å². The fourth-order valence-corrected chi connectivity index (χ4v) is 2.23. The van der Waals surface area contributed by atoms with E-state index in [0.717, 1.165) is 23.4 Å². The highest BCUT2D eigenvalue weighted by atomic mass is 19.4. The lowest BCUT2D eigenvalue weighted by Gasteiger charge is -2.06. The van der Waals surface area contributed by atoms with Gasteiger partial charge in [0.05, 0.1) is 11.3 Å². The number of aromatic nitrogens is 3. The van der Waals surface area contributed by atoms with Crippen molar-refractivity contribution < 1.29 is 13.2 Å². The predicted octanol–water partition coefficient (Wildman–Crippen LogP) is 2.80. The molecule has 0 amide bonds. The molecule has 22 heavy (non-hydrogen) atoms. The molecule has 0 unspecified atom stereocenters. The SMILES string of the molecule is NCc1cccc2nc(Cc3ccc(C(F)(F)F)cc3)nn12. The first kappa shape index (κ1) is 14.5. The van der Waals surface area contributed by atoms with Crippen LogP contribution in [-0.4, -0.2) is 14.6 Å². The van der Waals surface area contributed by atoms with Crippen LogP contribution in [0.1, 0.15) is 22.6 Å². The molecule has 1 aromatic carbocycles. The molecule has 0 aliphatic heterocycles. The Bertz CT molecular complexity index is 791. The van der Waals surface area contributed by atoms with E-state index >= 15 is 0 Å². The van der Waals surface area contributed by atoms with E-state index in [0.29, 0.717) is 24.4 Å². The summed E-state index contributed by atoms with van der Waals surface area (Å²) in [5.74, 6) is 0.542. The molecular weight excluding hydrogens is 293 g/mol. The van der Waals surface area contributed by atoms with E-state index in [2.05, 4.69) is 10.1 Å². The van der Waals surface area contributed by atoms with E-state index in [1.807, 2.05) is 18.2 Å². The molecule has 0 aliphatic carbocycles. The number of fused-ring (bicyclic) bond motifs is 1. The summed E-state index contributed by atoms with van der Waals surface area (Å²) in [7, 11) is 0. The van der Waals surface area contributed by atoms with Crippen molar-refractivity contribution in [2.45, 2.75) is 19.1 Å². The zero-order valence-electron chi connectivity index (χ0n) is 11.5. The lowest BCUT2D eigenvalue weighted by atomic mass is 10.1. The summed E-state index contributed by atoms with van der Waals surface area (Å²) in [6, 6.07) is 10.5. The fraction of sp³-hybridized carbons (Fsp3) is 0.200. The Labute approximate surface area is 124 Å². The number of nitrogens with zero attached hydrogens (tertiary/aromatic N) is 3. The van der Waals surface area contributed by atoms with E-state index < -0.39 is 11.7 Å². The molecule has 3 aromatic rings. The number of rotatable bonds is 3. The minimum atomic E-state index is -4.32. The Balaban J connectivity index is 1.87. The largest absolute Gasteiger partial charge is 0.416 e. The van der Waals surface area contributed by atoms with Gasteiger partial charge in [0, 0.05) is 13.0 Å². The molecule has 0 bridgehead atoms. The van der Waals surface area contributed by atoms with Gasteiger partial charge >= 0.3 is 6.18 Å². The molecule has 4 nitrogen and oxygen atoms in total. The summed E-state index contributed by atoms with van der Waals surface area (Å²) in [6.45, 7) is 0.334. The third-order valence-corrected chi connectivity index (χ3v) is 3.33. The Morgan fingerprint density at radius 1 is 1.05 bits per heavy atom. The summed E-state index contributed by atoms with van der Waals surface area (Å²) in [5, 5.41) is 4.35. The second-order valence-electron chi connectivity index (χ2n) is 4.89. The van der Waals surface area contributed by atoms with E-state index in [1.54, 1.807) is 4.52 Å². The molecule has 0 atom stereocenters. The Morgan fingerprint density at radius 2 is 1.77 bits per heavy atom. The molecule has 2 aromatic heterocycles. The van der Waals surface area contributed by atoms with Gasteiger partial charge < -0.3 is 5.73 Å². The van der Waals surface area contributed by atoms with Crippen molar-refractivity contribution in [3.05, 3.63) is 65.1 Å². The molecule has 0 saturated carbocycles. The van der Waals surface area contributed by atoms with Gasteiger partial charge in [0.2, 0.25) is 0 Å². The van der Waals surface area contributed by atoms with Gasteiger partial charge in [-0.2, -0.15) is 18.3 Å². The highest BCUT2D eigenvalue weighted by molar-refractivity contribution is 5.39. The minimum absolute atomic E-state index is 0.334. The number of halogens is 3. The Morgan fingerprint density at radius 3 is 2.41 bits per heavy atom. The number of hydrogen-bond acceptors (Lipinski definition) is 3. The van der Waals surface area contributed by atoms with Crippen LogP contribution >= 0.6 is 0 Å². The van der Waals surface area contributed by atoms with Gasteiger partial charge in [0.1, 0.15) is 0 Å². The molecule has 7 heteroatoms. The number of nitrogens with two attached hydrogens (primary N) is 1. The minimum Gasteiger partial charge on any atom is -0.325 e. The average molecular weight is 306 g/mol. The second kappa shape index (κ2) is 5.42.